The lowest BCUT2D eigenvalue weighted by molar-refractivity contribution is -0.149. The van der Waals surface area contributed by atoms with Gasteiger partial charge in [0.15, 0.2) is 11.6 Å². The molecule has 1 fully saturated rings. The maximum Gasteiger partial charge on any atom is 0.408 e. The van der Waals surface area contributed by atoms with E-state index >= 15 is 8.78 Å². The van der Waals surface area contributed by atoms with Gasteiger partial charge in [-0.25, -0.2) is 13.5 Å². The van der Waals surface area contributed by atoms with Gasteiger partial charge in [-0.15, -0.1) is 12.4 Å². The van der Waals surface area contributed by atoms with E-state index in [9.17, 15) is 18.0 Å². The van der Waals surface area contributed by atoms with E-state index in [1.807, 2.05) is 0 Å². The summed E-state index contributed by atoms with van der Waals surface area (Å²) < 4.78 is 69.9. The minimum Gasteiger partial charge on any atom is -0.367 e. The lowest BCUT2D eigenvalue weighted by Crippen LogP contribution is -2.44. The number of hydrogen-bond acceptors (Lipinski definition) is 4. The summed E-state index contributed by atoms with van der Waals surface area (Å²) in [4.78, 5) is 13.8. The van der Waals surface area contributed by atoms with E-state index < -0.39 is 35.3 Å². The highest BCUT2D eigenvalue weighted by molar-refractivity contribution is 5.96. The molecule has 1 aliphatic heterocycles. The van der Waals surface area contributed by atoms with Gasteiger partial charge >= 0.3 is 6.18 Å². The van der Waals surface area contributed by atoms with Gasteiger partial charge in [0.2, 0.25) is 0 Å². The Hall–Kier alpha value is -3.15. The number of H-pyrrole nitrogens is 1. The fourth-order valence-electron chi connectivity index (χ4n) is 3.17. The van der Waals surface area contributed by atoms with Crippen LogP contribution in [-0.2, 0) is 0 Å². The number of aromatic amines is 1. The molecule has 1 amide bonds. The first-order valence-corrected chi connectivity index (χ1v) is 9.35. The second-order valence-electron chi connectivity index (χ2n) is 7.16. The van der Waals surface area contributed by atoms with Gasteiger partial charge in [0.05, 0.1) is 18.0 Å². The van der Waals surface area contributed by atoms with Crippen molar-refractivity contribution in [2.45, 2.75) is 25.6 Å². The molecule has 2 N–H and O–H groups in total. The van der Waals surface area contributed by atoms with E-state index in [4.69, 9.17) is 0 Å². The van der Waals surface area contributed by atoms with E-state index in [0.29, 0.717) is 30.3 Å². The average Bonchev–Trinajstić information content (AvgIpc) is 3.33. The molecule has 1 saturated heterocycles. The van der Waals surface area contributed by atoms with Gasteiger partial charge < -0.3 is 10.2 Å². The van der Waals surface area contributed by atoms with E-state index in [1.165, 1.54) is 23.5 Å². The highest BCUT2D eigenvalue weighted by Gasteiger charge is 2.38. The van der Waals surface area contributed by atoms with Crippen molar-refractivity contribution in [3.8, 4) is 16.8 Å². The van der Waals surface area contributed by atoms with Crippen molar-refractivity contribution in [2.24, 2.45) is 0 Å². The van der Waals surface area contributed by atoms with Gasteiger partial charge in [0, 0.05) is 36.6 Å². The Balaban J connectivity index is 0.00000289. The number of halogens is 6. The average molecular weight is 477 g/mol. The number of aromatic nitrogens is 4. The van der Waals surface area contributed by atoms with Crippen molar-refractivity contribution in [1.82, 2.24) is 25.3 Å². The molecule has 7 nitrogen and oxygen atoms in total. The van der Waals surface area contributed by atoms with Crippen LogP contribution in [0.5, 0.6) is 0 Å². The van der Waals surface area contributed by atoms with Crippen molar-refractivity contribution in [3.63, 3.8) is 0 Å². The van der Waals surface area contributed by atoms with E-state index in [1.54, 1.807) is 11.5 Å². The number of carbonyl (C=O) groups is 1. The Labute approximate surface area is 185 Å². The molecule has 0 radical (unpaired) electrons. The maximum absolute atomic E-state index is 15.3. The molecule has 0 saturated carbocycles. The summed E-state index contributed by atoms with van der Waals surface area (Å²) in [5.74, 6) is -3.45. The molecule has 1 unspecified atom stereocenters. The van der Waals surface area contributed by atoms with Crippen molar-refractivity contribution >= 4 is 24.0 Å². The number of amides is 1. The highest BCUT2D eigenvalue weighted by Crippen LogP contribution is 2.36. The SMILES string of the molecule is CC(NC(=O)c1cc(F)c(-n2cc(-c3cn[nH]c3)cn2)c(N2CCC2)c1F)C(F)(F)F.Cl. The lowest BCUT2D eigenvalue weighted by Gasteiger charge is -2.35. The van der Waals surface area contributed by atoms with Gasteiger partial charge in [-0.1, -0.05) is 0 Å². The molecule has 1 aliphatic rings. The van der Waals surface area contributed by atoms with Crippen molar-refractivity contribution < 1.29 is 26.7 Å². The Kier molecular flexibility index (Phi) is 6.44. The van der Waals surface area contributed by atoms with Crippen LogP contribution in [0.1, 0.15) is 23.7 Å². The monoisotopic (exact) mass is 476 g/mol. The Bertz CT molecular complexity index is 1110. The van der Waals surface area contributed by atoms with Crippen LogP contribution >= 0.6 is 12.4 Å². The molecule has 1 aromatic carbocycles. The molecule has 4 rings (SSSR count). The molecule has 0 bridgehead atoms. The molecule has 3 heterocycles. The first-order chi connectivity index (χ1) is 14.7. The van der Waals surface area contributed by atoms with Crippen LogP contribution in [0.4, 0.5) is 27.6 Å². The van der Waals surface area contributed by atoms with Gasteiger partial charge in [-0.05, 0) is 19.4 Å². The van der Waals surface area contributed by atoms with Crippen LogP contribution in [-0.4, -0.2) is 51.2 Å². The summed E-state index contributed by atoms with van der Waals surface area (Å²) in [6.07, 6.45) is 2.05. The number of anilines is 1. The first kappa shape index (κ1) is 23.5. The summed E-state index contributed by atoms with van der Waals surface area (Å²) in [6.45, 7) is 1.53. The number of nitrogens with zero attached hydrogens (tertiary/aromatic N) is 4. The molecule has 2 aromatic heterocycles. The molecule has 1 atom stereocenters. The zero-order valence-corrected chi connectivity index (χ0v) is 17.4. The topological polar surface area (TPSA) is 78.8 Å². The minimum atomic E-state index is -4.72. The molecule has 172 valence electrons. The van der Waals surface area contributed by atoms with E-state index in [2.05, 4.69) is 15.3 Å². The second-order valence-corrected chi connectivity index (χ2v) is 7.16. The summed E-state index contributed by atoms with van der Waals surface area (Å²) >= 11 is 0. The lowest BCUT2D eigenvalue weighted by atomic mass is 10.1. The molecular formula is C19H18ClF5N6O. The Morgan fingerprint density at radius 2 is 1.91 bits per heavy atom. The summed E-state index contributed by atoms with van der Waals surface area (Å²) in [5, 5.41) is 12.2. The van der Waals surface area contributed by atoms with Crippen molar-refractivity contribution in [3.05, 3.63) is 48.1 Å². The number of hydrogen-bond donors (Lipinski definition) is 2. The van der Waals surface area contributed by atoms with Gasteiger partial charge in [-0.3, -0.25) is 9.89 Å². The van der Waals surface area contributed by atoms with Crippen LogP contribution in [0.3, 0.4) is 0 Å². The summed E-state index contributed by atoms with van der Waals surface area (Å²) in [7, 11) is 0. The third-order valence-corrected chi connectivity index (χ3v) is 5.06. The van der Waals surface area contributed by atoms with E-state index in [-0.39, 0.29) is 23.8 Å². The van der Waals surface area contributed by atoms with Crippen molar-refractivity contribution in [1.29, 1.82) is 0 Å². The first-order valence-electron chi connectivity index (χ1n) is 9.35. The van der Waals surface area contributed by atoms with Gasteiger partial charge in [0.1, 0.15) is 17.4 Å². The number of rotatable bonds is 5. The molecule has 32 heavy (non-hydrogen) atoms. The standard InChI is InChI=1S/C19H17F5N6O.ClH/c1-10(19(22,23)24)28-18(31)13-5-14(20)16(17(15(13)21)29-3-2-4-29)30-9-12(8-27-30)11-6-25-26-7-11;/h5-10H,2-4H2,1H3,(H,25,26)(H,28,31);1H. The number of alkyl halides is 3. The van der Waals surface area contributed by atoms with Crippen molar-refractivity contribution in [2.75, 3.05) is 18.0 Å². The Morgan fingerprint density at radius 1 is 1.19 bits per heavy atom. The van der Waals surface area contributed by atoms with Gasteiger partial charge in [-0.2, -0.15) is 23.4 Å². The second kappa shape index (κ2) is 8.77. The molecule has 13 heteroatoms. The quantitative estimate of drug-likeness (QED) is 0.548. The largest absolute Gasteiger partial charge is 0.408 e. The van der Waals surface area contributed by atoms with Crippen LogP contribution in [0.15, 0.2) is 30.9 Å². The number of carbonyl (C=O) groups excluding carboxylic acids is 1. The van der Waals surface area contributed by atoms with Crippen LogP contribution in [0, 0.1) is 11.6 Å². The van der Waals surface area contributed by atoms with Crippen LogP contribution < -0.4 is 10.2 Å². The Morgan fingerprint density at radius 3 is 2.47 bits per heavy atom. The number of benzene rings is 1. The predicted octanol–water partition coefficient (Wildman–Crippen LogP) is 3.85. The smallest absolute Gasteiger partial charge is 0.367 e. The predicted molar refractivity (Wildman–Crippen MR) is 108 cm³/mol. The third kappa shape index (κ3) is 4.27. The minimum absolute atomic E-state index is 0. The fourth-order valence-corrected chi connectivity index (χ4v) is 3.17. The molecule has 0 aliphatic carbocycles. The zero-order valence-electron chi connectivity index (χ0n) is 16.6. The fraction of sp³-hybridized carbons (Fsp3) is 0.316. The molecular weight excluding hydrogens is 459 g/mol. The maximum atomic E-state index is 15.3. The summed E-state index contributed by atoms with van der Waals surface area (Å²) in [6, 6.07) is -1.63. The molecule has 0 spiro atoms. The number of nitrogens with one attached hydrogen (secondary N) is 2. The van der Waals surface area contributed by atoms with Crippen LogP contribution in [0.2, 0.25) is 0 Å². The normalized spacial score (nSPS) is 14.5. The zero-order chi connectivity index (χ0) is 22.3. The molecule has 3 aromatic rings. The summed E-state index contributed by atoms with van der Waals surface area (Å²) in [5.41, 5.74) is 0.00504. The third-order valence-electron chi connectivity index (χ3n) is 5.06. The van der Waals surface area contributed by atoms with E-state index in [0.717, 1.165) is 18.0 Å². The van der Waals surface area contributed by atoms with Gasteiger partial charge in [0.25, 0.3) is 5.91 Å². The van der Waals surface area contributed by atoms with Crippen LogP contribution in [0.25, 0.3) is 16.8 Å². The highest BCUT2D eigenvalue weighted by atomic mass is 35.5.